The largest absolute Gasteiger partial charge is 0.484 e. The molecular weight excluding hydrogens is 236 g/mol. The molecule has 0 aliphatic heterocycles. The third-order valence-corrected chi connectivity index (χ3v) is 2.51. The highest BCUT2D eigenvalue weighted by molar-refractivity contribution is 5.85. The van der Waals surface area contributed by atoms with Gasteiger partial charge < -0.3 is 14.4 Å². The van der Waals surface area contributed by atoms with Crippen molar-refractivity contribution in [3.8, 4) is 5.75 Å². The molecule has 0 bridgehead atoms. The van der Waals surface area contributed by atoms with Crippen molar-refractivity contribution in [1.29, 1.82) is 0 Å². The number of hydrogen-bond acceptors (Lipinski definition) is 5. The second kappa shape index (κ2) is 4.82. The van der Waals surface area contributed by atoms with Crippen LogP contribution in [0.25, 0.3) is 0 Å². The number of hydrogen-bond donors (Lipinski definition) is 1. The summed E-state index contributed by atoms with van der Waals surface area (Å²) in [5.74, 6) is 0.911. The molecule has 0 atom stereocenters. The number of aromatic nitrogens is 4. The van der Waals surface area contributed by atoms with E-state index in [0.717, 1.165) is 5.82 Å². The highest BCUT2D eigenvalue weighted by atomic mass is 16.5. The number of nitrogens with zero attached hydrogens (tertiary/aromatic N) is 4. The van der Waals surface area contributed by atoms with Crippen LogP contribution in [-0.4, -0.2) is 30.8 Å². The predicted molar refractivity (Wildman–Crippen MR) is 61.3 cm³/mol. The van der Waals surface area contributed by atoms with E-state index in [1.807, 2.05) is 18.5 Å². The van der Waals surface area contributed by atoms with Crippen LogP contribution in [0, 0.1) is 6.92 Å². The molecule has 0 saturated carbocycles. The Kier molecular flexibility index (Phi) is 3.22. The summed E-state index contributed by atoms with van der Waals surface area (Å²) in [6.45, 7) is 2.10. The van der Waals surface area contributed by atoms with Gasteiger partial charge in [-0.25, -0.2) is 9.78 Å². The van der Waals surface area contributed by atoms with Gasteiger partial charge in [0, 0.05) is 7.05 Å². The van der Waals surface area contributed by atoms with Crippen molar-refractivity contribution in [3.63, 3.8) is 0 Å². The van der Waals surface area contributed by atoms with Gasteiger partial charge in [-0.15, -0.1) is 10.2 Å². The maximum atomic E-state index is 10.6. The van der Waals surface area contributed by atoms with Gasteiger partial charge in [-0.05, 0) is 19.1 Å². The minimum atomic E-state index is -1.06. The van der Waals surface area contributed by atoms with Gasteiger partial charge in [-0.1, -0.05) is 0 Å². The molecule has 94 valence electrons. The van der Waals surface area contributed by atoms with Gasteiger partial charge in [0.1, 0.15) is 23.9 Å². The smallest absolute Gasteiger partial charge is 0.354 e. The number of carboxylic acid groups (broad SMARTS) is 1. The van der Waals surface area contributed by atoms with Gasteiger partial charge in [0.25, 0.3) is 0 Å². The molecule has 18 heavy (non-hydrogen) atoms. The number of carboxylic acids is 1. The van der Waals surface area contributed by atoms with Crippen molar-refractivity contribution in [2.24, 2.45) is 7.05 Å². The predicted octanol–water partition coefficient (Wildman–Crippen LogP) is 0.796. The van der Waals surface area contributed by atoms with E-state index in [4.69, 9.17) is 9.84 Å². The van der Waals surface area contributed by atoms with Crippen LogP contribution in [-0.2, 0) is 13.7 Å². The monoisotopic (exact) mass is 248 g/mol. The first-order valence-corrected chi connectivity index (χ1v) is 5.25. The molecule has 2 rings (SSSR count). The van der Waals surface area contributed by atoms with E-state index in [-0.39, 0.29) is 12.3 Å². The second-order valence-corrected chi connectivity index (χ2v) is 3.70. The van der Waals surface area contributed by atoms with E-state index in [0.29, 0.717) is 11.6 Å². The summed E-state index contributed by atoms with van der Waals surface area (Å²) in [5, 5.41) is 16.6. The second-order valence-electron chi connectivity index (χ2n) is 3.70. The third kappa shape index (κ3) is 2.45. The summed E-state index contributed by atoms with van der Waals surface area (Å²) in [7, 11) is 1.85. The molecule has 0 amide bonds. The lowest BCUT2D eigenvalue weighted by atomic mass is 10.3. The zero-order valence-corrected chi connectivity index (χ0v) is 9.99. The molecule has 0 aliphatic rings. The summed E-state index contributed by atoms with van der Waals surface area (Å²) < 4.78 is 7.26. The van der Waals surface area contributed by atoms with Crippen molar-refractivity contribution in [2.75, 3.05) is 0 Å². The van der Waals surface area contributed by atoms with Crippen molar-refractivity contribution in [3.05, 3.63) is 35.7 Å². The molecule has 2 aromatic heterocycles. The van der Waals surface area contributed by atoms with E-state index < -0.39 is 5.97 Å². The minimum absolute atomic E-state index is 0.0168. The van der Waals surface area contributed by atoms with Crippen LogP contribution in [0.3, 0.4) is 0 Å². The zero-order chi connectivity index (χ0) is 13.1. The highest BCUT2D eigenvalue weighted by Crippen LogP contribution is 2.11. The lowest BCUT2D eigenvalue weighted by Crippen LogP contribution is -2.05. The van der Waals surface area contributed by atoms with E-state index in [2.05, 4.69) is 15.2 Å². The lowest BCUT2D eigenvalue weighted by molar-refractivity contribution is 0.0690. The number of ether oxygens (including phenoxy) is 1. The fourth-order valence-electron chi connectivity index (χ4n) is 1.32. The maximum Gasteiger partial charge on any atom is 0.354 e. The van der Waals surface area contributed by atoms with Crippen LogP contribution in [0.4, 0.5) is 0 Å². The van der Waals surface area contributed by atoms with Gasteiger partial charge in [0.15, 0.2) is 5.82 Å². The standard InChI is InChI=1S/C11H12N4O3/c1-7-13-14-10(15(7)2)6-18-8-3-4-9(11(16)17)12-5-8/h3-5H,6H2,1-2H3,(H,16,17). The van der Waals surface area contributed by atoms with Crippen molar-refractivity contribution >= 4 is 5.97 Å². The van der Waals surface area contributed by atoms with E-state index in [1.165, 1.54) is 12.3 Å². The lowest BCUT2D eigenvalue weighted by Gasteiger charge is -2.05. The normalized spacial score (nSPS) is 10.3. The van der Waals surface area contributed by atoms with Gasteiger partial charge in [-0.3, -0.25) is 0 Å². The first kappa shape index (κ1) is 12.0. The Balaban J connectivity index is 2.02. The summed E-state index contributed by atoms with van der Waals surface area (Å²) in [4.78, 5) is 14.4. The average molecular weight is 248 g/mol. The molecular formula is C11H12N4O3. The van der Waals surface area contributed by atoms with Gasteiger partial charge in [0.05, 0.1) is 6.20 Å². The van der Waals surface area contributed by atoms with Crippen molar-refractivity contribution in [1.82, 2.24) is 19.7 Å². The number of pyridine rings is 1. The van der Waals surface area contributed by atoms with Crippen molar-refractivity contribution in [2.45, 2.75) is 13.5 Å². The molecule has 2 aromatic rings. The fourth-order valence-corrected chi connectivity index (χ4v) is 1.32. The SMILES string of the molecule is Cc1nnc(COc2ccc(C(=O)O)nc2)n1C. The van der Waals surface area contributed by atoms with E-state index in [9.17, 15) is 4.79 Å². The number of carbonyl (C=O) groups is 1. The Morgan fingerprint density at radius 3 is 2.72 bits per heavy atom. The van der Waals surface area contributed by atoms with Gasteiger partial charge >= 0.3 is 5.97 Å². The van der Waals surface area contributed by atoms with Gasteiger partial charge in [0.2, 0.25) is 0 Å². The minimum Gasteiger partial charge on any atom is -0.484 e. The summed E-state index contributed by atoms with van der Waals surface area (Å²) in [5.41, 5.74) is -0.0168. The first-order chi connectivity index (χ1) is 8.58. The summed E-state index contributed by atoms with van der Waals surface area (Å²) >= 11 is 0. The molecule has 1 N–H and O–H groups in total. The average Bonchev–Trinajstić information content (AvgIpc) is 2.68. The molecule has 0 unspecified atom stereocenters. The van der Waals surface area contributed by atoms with Gasteiger partial charge in [-0.2, -0.15) is 0 Å². The maximum absolute atomic E-state index is 10.6. The van der Waals surface area contributed by atoms with Crippen LogP contribution in [0.2, 0.25) is 0 Å². The molecule has 7 nitrogen and oxygen atoms in total. The molecule has 0 fully saturated rings. The fraction of sp³-hybridized carbons (Fsp3) is 0.273. The Labute approximate surface area is 103 Å². The Hall–Kier alpha value is -2.44. The summed E-state index contributed by atoms with van der Waals surface area (Å²) in [6, 6.07) is 2.94. The topological polar surface area (TPSA) is 90.1 Å². The molecule has 0 aliphatic carbocycles. The molecule has 0 saturated heterocycles. The quantitative estimate of drug-likeness (QED) is 0.860. The number of aromatic carboxylic acids is 1. The number of rotatable bonds is 4. The molecule has 0 radical (unpaired) electrons. The van der Waals surface area contributed by atoms with E-state index in [1.54, 1.807) is 6.07 Å². The Morgan fingerprint density at radius 2 is 2.22 bits per heavy atom. The third-order valence-electron chi connectivity index (χ3n) is 2.51. The Bertz CT molecular complexity index is 562. The van der Waals surface area contributed by atoms with Crippen molar-refractivity contribution < 1.29 is 14.6 Å². The Morgan fingerprint density at radius 1 is 1.44 bits per heavy atom. The molecule has 7 heteroatoms. The molecule has 0 spiro atoms. The summed E-state index contributed by atoms with van der Waals surface area (Å²) in [6.07, 6.45) is 1.37. The molecule has 2 heterocycles. The first-order valence-electron chi connectivity index (χ1n) is 5.25. The van der Waals surface area contributed by atoms with Crippen LogP contribution in [0.15, 0.2) is 18.3 Å². The van der Waals surface area contributed by atoms with Crippen LogP contribution in [0.1, 0.15) is 22.1 Å². The zero-order valence-electron chi connectivity index (χ0n) is 9.99. The molecule has 0 aromatic carbocycles. The number of aryl methyl sites for hydroxylation is 1. The van der Waals surface area contributed by atoms with Crippen LogP contribution >= 0.6 is 0 Å². The van der Waals surface area contributed by atoms with E-state index >= 15 is 0 Å². The van der Waals surface area contributed by atoms with Crippen LogP contribution in [0.5, 0.6) is 5.75 Å². The highest BCUT2D eigenvalue weighted by Gasteiger charge is 2.07. The van der Waals surface area contributed by atoms with Crippen LogP contribution < -0.4 is 4.74 Å².